The number of nitrogens with one attached hydrogen (secondary N) is 1. The first-order chi connectivity index (χ1) is 17.1. The van der Waals surface area contributed by atoms with E-state index in [0.29, 0.717) is 40.0 Å². The normalized spacial score (nSPS) is 10.8. The Kier molecular flexibility index (Phi) is 6.04. The number of nitrogens with zero attached hydrogens (tertiary/aromatic N) is 5. The minimum atomic E-state index is -0.288. The highest BCUT2D eigenvalue weighted by atomic mass is 16.5. The van der Waals surface area contributed by atoms with E-state index in [1.807, 2.05) is 73.7 Å². The Morgan fingerprint density at radius 3 is 2.69 bits per heavy atom. The minimum absolute atomic E-state index is 0.151. The molecular formula is C26H22N6O3. The quantitative estimate of drug-likeness (QED) is 0.384. The molecule has 3 heterocycles. The Morgan fingerprint density at radius 2 is 1.86 bits per heavy atom. The number of rotatable bonds is 7. The molecule has 1 N–H and O–H groups in total. The van der Waals surface area contributed by atoms with Gasteiger partial charge in [-0.2, -0.15) is 9.61 Å². The molecule has 5 rings (SSSR count). The summed E-state index contributed by atoms with van der Waals surface area (Å²) >= 11 is 0. The molecule has 0 spiro atoms. The predicted molar refractivity (Wildman–Crippen MR) is 131 cm³/mol. The molecule has 0 saturated heterocycles. The lowest BCUT2D eigenvalue weighted by molar-refractivity contribution is -0.118. The van der Waals surface area contributed by atoms with Crippen LogP contribution in [-0.4, -0.2) is 44.4 Å². The molecule has 0 aliphatic rings. The van der Waals surface area contributed by atoms with Crippen LogP contribution < -0.4 is 14.8 Å². The smallest absolute Gasteiger partial charge is 0.262 e. The minimum Gasteiger partial charge on any atom is -0.493 e. The number of carbonyl (C=O) groups is 1. The molecule has 2 aromatic carbocycles. The van der Waals surface area contributed by atoms with Gasteiger partial charge in [0.05, 0.1) is 12.8 Å². The highest BCUT2D eigenvalue weighted by molar-refractivity contribution is 5.92. The summed E-state index contributed by atoms with van der Waals surface area (Å²) in [6.07, 6.45) is 1.70. The number of fused-ring (bicyclic) bond motifs is 1. The highest BCUT2D eigenvalue weighted by Crippen LogP contribution is 2.28. The summed E-state index contributed by atoms with van der Waals surface area (Å²) in [4.78, 5) is 16.9. The molecular weight excluding hydrogens is 444 g/mol. The second kappa shape index (κ2) is 9.60. The molecule has 9 heteroatoms. The van der Waals surface area contributed by atoms with Crippen LogP contribution in [0, 0.1) is 6.92 Å². The molecule has 0 atom stereocenters. The second-order valence-corrected chi connectivity index (χ2v) is 7.80. The Bertz CT molecular complexity index is 1500. The average molecular weight is 467 g/mol. The first-order valence-electron chi connectivity index (χ1n) is 10.9. The zero-order valence-electron chi connectivity index (χ0n) is 19.2. The number of pyridine rings is 1. The van der Waals surface area contributed by atoms with Crippen LogP contribution in [0.1, 0.15) is 5.56 Å². The lowest BCUT2D eigenvalue weighted by atomic mass is 10.1. The van der Waals surface area contributed by atoms with Gasteiger partial charge in [0.15, 0.2) is 23.8 Å². The molecule has 0 fully saturated rings. The fraction of sp³-hybridized carbons (Fsp3) is 0.115. The van der Waals surface area contributed by atoms with Gasteiger partial charge in [-0.1, -0.05) is 24.3 Å². The summed E-state index contributed by atoms with van der Waals surface area (Å²) < 4.78 is 12.6. The van der Waals surface area contributed by atoms with Crippen LogP contribution >= 0.6 is 0 Å². The SMILES string of the molecule is COc1cc(C)ccc1OCC(=O)Nc1cccc(-c2ccc3nnc(-c4ccccn4)n3n2)c1. The molecule has 0 aliphatic heterocycles. The summed E-state index contributed by atoms with van der Waals surface area (Å²) in [6, 6.07) is 22.3. The number of carbonyl (C=O) groups excluding carboxylic acids is 1. The Labute approximate surface area is 201 Å². The van der Waals surface area contributed by atoms with Crippen LogP contribution in [0.25, 0.3) is 28.4 Å². The number of hydrogen-bond acceptors (Lipinski definition) is 7. The van der Waals surface area contributed by atoms with Gasteiger partial charge in [0.25, 0.3) is 5.91 Å². The summed E-state index contributed by atoms with van der Waals surface area (Å²) in [7, 11) is 1.57. The number of aromatic nitrogens is 5. The Morgan fingerprint density at radius 1 is 0.943 bits per heavy atom. The molecule has 0 radical (unpaired) electrons. The van der Waals surface area contributed by atoms with E-state index in [9.17, 15) is 4.79 Å². The molecule has 0 aliphatic carbocycles. The van der Waals surface area contributed by atoms with E-state index in [4.69, 9.17) is 14.6 Å². The highest BCUT2D eigenvalue weighted by Gasteiger charge is 2.13. The Balaban J connectivity index is 1.33. The van der Waals surface area contributed by atoms with Crippen molar-refractivity contribution in [3.63, 3.8) is 0 Å². The van der Waals surface area contributed by atoms with E-state index in [2.05, 4.69) is 20.5 Å². The first kappa shape index (κ1) is 22.0. The van der Waals surface area contributed by atoms with Crippen molar-refractivity contribution in [3.05, 3.63) is 84.6 Å². The zero-order chi connectivity index (χ0) is 24.2. The lowest BCUT2D eigenvalue weighted by Gasteiger charge is -2.12. The van der Waals surface area contributed by atoms with Crippen LogP contribution in [0.5, 0.6) is 11.5 Å². The predicted octanol–water partition coefficient (Wildman–Crippen LogP) is 4.19. The molecule has 5 aromatic rings. The summed E-state index contributed by atoms with van der Waals surface area (Å²) in [5.74, 6) is 1.36. The van der Waals surface area contributed by atoms with Gasteiger partial charge < -0.3 is 14.8 Å². The van der Waals surface area contributed by atoms with E-state index in [1.54, 1.807) is 23.9 Å². The number of benzene rings is 2. The number of anilines is 1. The molecule has 0 bridgehead atoms. The third-order valence-electron chi connectivity index (χ3n) is 5.28. The van der Waals surface area contributed by atoms with Crippen LogP contribution in [0.4, 0.5) is 5.69 Å². The fourth-order valence-corrected chi connectivity index (χ4v) is 3.59. The maximum Gasteiger partial charge on any atom is 0.262 e. The summed E-state index contributed by atoms with van der Waals surface area (Å²) in [5, 5.41) is 16.0. The van der Waals surface area contributed by atoms with Crippen LogP contribution in [0.15, 0.2) is 79.0 Å². The fourth-order valence-electron chi connectivity index (χ4n) is 3.59. The summed E-state index contributed by atoms with van der Waals surface area (Å²) in [5.41, 5.74) is 4.49. The van der Waals surface area contributed by atoms with Gasteiger partial charge in [0, 0.05) is 17.4 Å². The average Bonchev–Trinajstić information content (AvgIpc) is 3.32. The van der Waals surface area contributed by atoms with Crippen molar-refractivity contribution in [1.82, 2.24) is 24.8 Å². The standard InChI is InChI=1S/C26H22N6O3/c1-17-9-11-22(23(14-17)34-2)35-16-25(33)28-19-7-5-6-18(15-19)20-10-12-24-29-30-26(32(24)31-20)21-8-3-4-13-27-21/h3-15H,16H2,1-2H3,(H,28,33). The van der Waals surface area contributed by atoms with Crippen LogP contribution in [0.3, 0.4) is 0 Å². The molecule has 174 valence electrons. The van der Waals surface area contributed by atoms with E-state index in [1.165, 1.54) is 0 Å². The van der Waals surface area contributed by atoms with Crippen LogP contribution in [-0.2, 0) is 4.79 Å². The van der Waals surface area contributed by atoms with Crippen molar-refractivity contribution in [2.45, 2.75) is 6.92 Å². The monoisotopic (exact) mass is 466 g/mol. The number of ether oxygens (including phenoxy) is 2. The lowest BCUT2D eigenvalue weighted by Crippen LogP contribution is -2.20. The molecule has 0 unspecified atom stereocenters. The molecule has 0 saturated carbocycles. The van der Waals surface area contributed by atoms with Crippen molar-refractivity contribution >= 4 is 17.2 Å². The number of methoxy groups -OCH3 is 1. The molecule has 35 heavy (non-hydrogen) atoms. The van der Waals surface area contributed by atoms with Crippen molar-refractivity contribution in [3.8, 4) is 34.3 Å². The van der Waals surface area contributed by atoms with Gasteiger partial charge in [-0.15, -0.1) is 10.2 Å². The van der Waals surface area contributed by atoms with Gasteiger partial charge in [-0.05, 0) is 61.0 Å². The van der Waals surface area contributed by atoms with Gasteiger partial charge in [0.2, 0.25) is 5.82 Å². The maximum absolute atomic E-state index is 12.5. The number of aryl methyl sites for hydroxylation is 1. The number of hydrogen-bond donors (Lipinski definition) is 1. The van der Waals surface area contributed by atoms with E-state index < -0.39 is 0 Å². The van der Waals surface area contributed by atoms with Crippen molar-refractivity contribution in [2.24, 2.45) is 0 Å². The first-order valence-corrected chi connectivity index (χ1v) is 10.9. The van der Waals surface area contributed by atoms with Crippen molar-refractivity contribution in [1.29, 1.82) is 0 Å². The van der Waals surface area contributed by atoms with Crippen molar-refractivity contribution < 1.29 is 14.3 Å². The van der Waals surface area contributed by atoms with E-state index in [0.717, 1.165) is 11.1 Å². The van der Waals surface area contributed by atoms with E-state index in [-0.39, 0.29) is 12.5 Å². The number of amides is 1. The molecule has 1 amide bonds. The largest absolute Gasteiger partial charge is 0.493 e. The topological polar surface area (TPSA) is 104 Å². The third kappa shape index (κ3) is 4.79. The van der Waals surface area contributed by atoms with Gasteiger partial charge >= 0.3 is 0 Å². The van der Waals surface area contributed by atoms with Crippen molar-refractivity contribution in [2.75, 3.05) is 19.0 Å². The second-order valence-electron chi connectivity index (χ2n) is 7.80. The van der Waals surface area contributed by atoms with Crippen LogP contribution in [0.2, 0.25) is 0 Å². The summed E-state index contributed by atoms with van der Waals surface area (Å²) in [6.45, 7) is 1.81. The maximum atomic E-state index is 12.5. The Hall–Kier alpha value is -4.79. The molecule has 3 aromatic heterocycles. The molecule has 9 nitrogen and oxygen atoms in total. The zero-order valence-corrected chi connectivity index (χ0v) is 19.2. The van der Waals surface area contributed by atoms with E-state index >= 15 is 0 Å². The van der Waals surface area contributed by atoms with Gasteiger partial charge in [0.1, 0.15) is 5.69 Å². The van der Waals surface area contributed by atoms with Gasteiger partial charge in [-0.25, -0.2) is 0 Å². The third-order valence-corrected chi connectivity index (χ3v) is 5.28. The van der Waals surface area contributed by atoms with Gasteiger partial charge in [-0.3, -0.25) is 9.78 Å².